The Morgan fingerprint density at radius 3 is 2.65 bits per heavy atom. The molecule has 2 aromatic rings. The summed E-state index contributed by atoms with van der Waals surface area (Å²) in [7, 11) is 2.04. The van der Waals surface area contributed by atoms with Gasteiger partial charge in [0.1, 0.15) is 11.6 Å². The molecule has 0 N–H and O–H groups in total. The van der Waals surface area contributed by atoms with Crippen molar-refractivity contribution in [1.29, 1.82) is 0 Å². The van der Waals surface area contributed by atoms with E-state index in [2.05, 4.69) is 44.9 Å². The number of rotatable bonds is 5. The molecule has 20 heavy (non-hydrogen) atoms. The van der Waals surface area contributed by atoms with Crippen molar-refractivity contribution in [3.05, 3.63) is 52.1 Å². The molecule has 1 aromatic heterocycles. The quantitative estimate of drug-likeness (QED) is 0.819. The minimum absolute atomic E-state index is 0.697. The number of hydrogen-bond acceptors (Lipinski definition) is 3. The van der Waals surface area contributed by atoms with Gasteiger partial charge >= 0.3 is 0 Å². The van der Waals surface area contributed by atoms with E-state index in [1.165, 1.54) is 11.1 Å². The number of aryl methyl sites for hydroxylation is 1. The number of pyridine rings is 1. The highest BCUT2D eigenvalue weighted by Gasteiger charge is 2.06. The van der Waals surface area contributed by atoms with Gasteiger partial charge in [-0.05, 0) is 59.1 Å². The van der Waals surface area contributed by atoms with Crippen LogP contribution in [0, 0.1) is 6.92 Å². The van der Waals surface area contributed by atoms with E-state index < -0.39 is 0 Å². The molecular weight excluding hydrogens is 316 g/mol. The lowest BCUT2D eigenvalue weighted by Crippen LogP contribution is -2.17. The zero-order valence-corrected chi connectivity index (χ0v) is 13.6. The van der Waals surface area contributed by atoms with Crippen molar-refractivity contribution in [3.63, 3.8) is 0 Å². The van der Waals surface area contributed by atoms with Crippen LogP contribution >= 0.6 is 15.9 Å². The van der Waals surface area contributed by atoms with E-state index in [1.54, 1.807) is 0 Å². The molecule has 0 bridgehead atoms. The highest BCUT2D eigenvalue weighted by Crippen LogP contribution is 2.21. The molecule has 3 nitrogen and oxygen atoms in total. The first-order chi connectivity index (χ1) is 9.60. The summed E-state index contributed by atoms with van der Waals surface area (Å²) >= 11 is 3.40. The van der Waals surface area contributed by atoms with Crippen molar-refractivity contribution in [2.45, 2.75) is 20.4 Å². The third-order valence-corrected chi connectivity index (χ3v) is 3.53. The monoisotopic (exact) mass is 334 g/mol. The molecule has 0 aliphatic rings. The van der Waals surface area contributed by atoms with Crippen LogP contribution in [0.15, 0.2) is 41.0 Å². The van der Waals surface area contributed by atoms with Crippen LogP contribution < -0.4 is 9.64 Å². The molecule has 1 aromatic carbocycles. The molecular formula is C16H19BrN2O. The van der Waals surface area contributed by atoms with Crippen LogP contribution in [0.3, 0.4) is 0 Å². The van der Waals surface area contributed by atoms with Crippen molar-refractivity contribution in [1.82, 2.24) is 4.98 Å². The topological polar surface area (TPSA) is 25.4 Å². The minimum Gasteiger partial charge on any atom is -0.494 e. The second-order valence-electron chi connectivity index (χ2n) is 4.72. The first kappa shape index (κ1) is 14.9. The van der Waals surface area contributed by atoms with E-state index >= 15 is 0 Å². The van der Waals surface area contributed by atoms with Crippen molar-refractivity contribution < 1.29 is 4.74 Å². The van der Waals surface area contributed by atoms with Crippen molar-refractivity contribution in [2.75, 3.05) is 18.6 Å². The van der Waals surface area contributed by atoms with Crippen LogP contribution in [0.2, 0.25) is 0 Å². The summed E-state index contributed by atoms with van der Waals surface area (Å²) in [5.74, 6) is 1.92. The molecule has 106 valence electrons. The summed E-state index contributed by atoms with van der Waals surface area (Å²) in [5, 5.41) is 0. The van der Waals surface area contributed by atoms with Crippen LogP contribution in [-0.2, 0) is 6.54 Å². The smallest absolute Gasteiger partial charge is 0.128 e. The standard InChI is InChI=1S/C16H19BrN2O/c1-4-20-15-7-5-13(9-12(15)2)11-19(3)16-8-6-14(17)10-18-16/h5-10H,4,11H2,1-3H3. The van der Waals surface area contributed by atoms with Crippen LogP contribution in [0.4, 0.5) is 5.82 Å². The third-order valence-electron chi connectivity index (χ3n) is 3.06. The second kappa shape index (κ2) is 6.75. The van der Waals surface area contributed by atoms with Gasteiger partial charge in [-0.2, -0.15) is 0 Å². The van der Waals surface area contributed by atoms with Gasteiger partial charge in [-0.25, -0.2) is 4.98 Å². The van der Waals surface area contributed by atoms with E-state index in [1.807, 2.05) is 38.4 Å². The second-order valence-corrected chi connectivity index (χ2v) is 5.64. The van der Waals surface area contributed by atoms with E-state index in [4.69, 9.17) is 4.74 Å². The molecule has 4 heteroatoms. The molecule has 0 unspecified atom stereocenters. The Balaban J connectivity index is 2.09. The number of nitrogens with zero attached hydrogens (tertiary/aromatic N) is 2. The lowest BCUT2D eigenvalue weighted by Gasteiger charge is -2.19. The van der Waals surface area contributed by atoms with Crippen molar-refractivity contribution in [2.24, 2.45) is 0 Å². The van der Waals surface area contributed by atoms with E-state index in [-0.39, 0.29) is 0 Å². The Hall–Kier alpha value is -1.55. The fourth-order valence-electron chi connectivity index (χ4n) is 2.08. The minimum atomic E-state index is 0.697. The Labute approximate surface area is 128 Å². The average molecular weight is 335 g/mol. The number of aromatic nitrogens is 1. The molecule has 2 rings (SSSR count). The van der Waals surface area contributed by atoms with Crippen LogP contribution in [0.5, 0.6) is 5.75 Å². The molecule has 1 heterocycles. The number of halogens is 1. The van der Waals surface area contributed by atoms with E-state index in [0.29, 0.717) is 6.61 Å². The largest absolute Gasteiger partial charge is 0.494 e. The predicted molar refractivity (Wildman–Crippen MR) is 86.4 cm³/mol. The van der Waals surface area contributed by atoms with E-state index in [9.17, 15) is 0 Å². The van der Waals surface area contributed by atoms with E-state index in [0.717, 1.165) is 22.6 Å². The highest BCUT2D eigenvalue weighted by atomic mass is 79.9. The first-order valence-electron chi connectivity index (χ1n) is 6.65. The lowest BCUT2D eigenvalue weighted by atomic mass is 10.1. The number of ether oxygens (including phenoxy) is 1. The normalized spacial score (nSPS) is 10.4. The highest BCUT2D eigenvalue weighted by molar-refractivity contribution is 9.10. The Morgan fingerprint density at radius 1 is 1.25 bits per heavy atom. The first-order valence-corrected chi connectivity index (χ1v) is 7.44. The number of hydrogen-bond donors (Lipinski definition) is 0. The van der Waals surface area contributed by atoms with Crippen LogP contribution in [-0.4, -0.2) is 18.6 Å². The maximum atomic E-state index is 5.56. The van der Waals surface area contributed by atoms with Gasteiger partial charge in [0.25, 0.3) is 0 Å². The molecule has 0 saturated heterocycles. The van der Waals surface area contributed by atoms with Gasteiger partial charge in [0.15, 0.2) is 0 Å². The zero-order chi connectivity index (χ0) is 14.5. The molecule has 0 spiro atoms. The van der Waals surface area contributed by atoms with Gasteiger partial charge in [0, 0.05) is 24.3 Å². The summed E-state index contributed by atoms with van der Waals surface area (Å²) in [4.78, 5) is 6.52. The number of benzene rings is 1. The Kier molecular flexibility index (Phi) is 5.01. The predicted octanol–water partition coefficient (Wildman–Crippen LogP) is 4.19. The van der Waals surface area contributed by atoms with Gasteiger partial charge in [-0.3, -0.25) is 0 Å². The van der Waals surface area contributed by atoms with Gasteiger partial charge in [0.2, 0.25) is 0 Å². The summed E-state index contributed by atoms with van der Waals surface area (Å²) in [5.41, 5.74) is 2.42. The van der Waals surface area contributed by atoms with Gasteiger partial charge in [0.05, 0.1) is 6.61 Å². The third kappa shape index (κ3) is 3.73. The maximum Gasteiger partial charge on any atom is 0.128 e. The summed E-state index contributed by atoms with van der Waals surface area (Å²) in [6.07, 6.45) is 1.81. The SMILES string of the molecule is CCOc1ccc(CN(C)c2ccc(Br)cn2)cc1C. The summed E-state index contributed by atoms with van der Waals surface area (Å²) in [6, 6.07) is 10.3. The lowest BCUT2D eigenvalue weighted by molar-refractivity contribution is 0.338. The summed E-state index contributed by atoms with van der Waals surface area (Å²) in [6.45, 7) is 5.59. The maximum absolute atomic E-state index is 5.56. The van der Waals surface area contributed by atoms with Crippen LogP contribution in [0.1, 0.15) is 18.1 Å². The van der Waals surface area contributed by atoms with Gasteiger partial charge in [-0.1, -0.05) is 12.1 Å². The molecule has 0 aliphatic carbocycles. The van der Waals surface area contributed by atoms with Crippen molar-refractivity contribution >= 4 is 21.7 Å². The number of anilines is 1. The fraction of sp³-hybridized carbons (Fsp3) is 0.312. The Morgan fingerprint density at radius 2 is 2.05 bits per heavy atom. The zero-order valence-electron chi connectivity index (χ0n) is 12.1. The molecule has 0 fully saturated rings. The fourth-order valence-corrected chi connectivity index (χ4v) is 2.31. The summed E-state index contributed by atoms with van der Waals surface area (Å²) < 4.78 is 6.56. The van der Waals surface area contributed by atoms with Crippen LogP contribution in [0.25, 0.3) is 0 Å². The molecule has 0 aliphatic heterocycles. The molecule has 0 radical (unpaired) electrons. The molecule has 0 atom stereocenters. The van der Waals surface area contributed by atoms with Crippen molar-refractivity contribution in [3.8, 4) is 5.75 Å². The van der Waals surface area contributed by atoms with Gasteiger partial charge < -0.3 is 9.64 Å². The van der Waals surface area contributed by atoms with Gasteiger partial charge in [-0.15, -0.1) is 0 Å². The Bertz CT molecular complexity index is 569. The molecule has 0 saturated carbocycles. The average Bonchev–Trinajstić information content (AvgIpc) is 2.42. The molecule has 0 amide bonds.